The topological polar surface area (TPSA) is 49.4 Å². The van der Waals surface area contributed by atoms with Gasteiger partial charge in [-0.15, -0.1) is 0 Å². The zero-order valence-corrected chi connectivity index (χ0v) is 11.6. The molecule has 1 heterocycles. The number of carboxylic acids is 1. The Morgan fingerprint density at radius 3 is 2.53 bits per heavy atom. The van der Waals surface area contributed by atoms with Gasteiger partial charge in [-0.2, -0.15) is 0 Å². The molecule has 3 rings (SSSR count). The average Bonchev–Trinajstić information content (AvgIpc) is 2.58. The quantitative estimate of drug-likeness (QED) is 0.451. The molecule has 1 aliphatic heterocycles. The molecule has 4 atom stereocenters. The second-order valence-electron chi connectivity index (χ2n) is 5.59. The van der Waals surface area contributed by atoms with Gasteiger partial charge in [-0.25, -0.2) is 0 Å². The fraction of sp³-hybridized carbons (Fsp3) is 0.909. The van der Waals surface area contributed by atoms with Crippen LogP contribution < -0.4 is 34.7 Å². The van der Waals surface area contributed by atoms with E-state index in [2.05, 4.69) is 13.8 Å². The van der Waals surface area contributed by atoms with Crippen molar-refractivity contribution in [3.63, 3.8) is 0 Å². The predicted octanol–water partition coefficient (Wildman–Crippen LogP) is -2.66. The molecule has 3 fully saturated rings. The molecule has 0 amide bonds. The Kier molecular flexibility index (Phi) is 2.38. The third kappa shape index (κ3) is 0.951. The summed E-state index contributed by atoms with van der Waals surface area (Å²) in [6.07, 6.45) is 2.80. The zero-order chi connectivity index (χ0) is 10.2. The van der Waals surface area contributed by atoms with Crippen molar-refractivity contribution in [3.8, 4) is 0 Å². The number of carboxylic acid groups (broad SMARTS) is 1. The summed E-state index contributed by atoms with van der Waals surface area (Å²) in [5.41, 5.74) is -1.08. The van der Waals surface area contributed by atoms with Crippen LogP contribution in [0.5, 0.6) is 0 Å². The molecule has 2 aliphatic carbocycles. The van der Waals surface area contributed by atoms with E-state index in [1.54, 1.807) is 0 Å². The Morgan fingerprint density at radius 2 is 2.13 bits per heavy atom. The minimum absolute atomic E-state index is 0. The molecule has 0 radical (unpaired) electrons. The maximum absolute atomic E-state index is 11.3. The van der Waals surface area contributed by atoms with Crippen LogP contribution in [0.2, 0.25) is 0 Å². The second kappa shape index (κ2) is 3.00. The molecule has 2 saturated carbocycles. The molecule has 0 aromatic heterocycles. The van der Waals surface area contributed by atoms with E-state index in [0.717, 1.165) is 12.8 Å². The van der Waals surface area contributed by atoms with Gasteiger partial charge in [0.05, 0.1) is 12.6 Å². The minimum atomic E-state index is -0.995. The number of ether oxygens (including phenoxy) is 1. The molecule has 3 nitrogen and oxygen atoms in total. The van der Waals surface area contributed by atoms with Crippen LogP contribution >= 0.6 is 0 Å². The number of carbonyl (C=O) groups excluding carboxylic acids is 1. The Labute approximate surface area is 112 Å². The van der Waals surface area contributed by atoms with Crippen molar-refractivity contribution >= 4 is 5.97 Å². The van der Waals surface area contributed by atoms with Crippen molar-refractivity contribution in [2.75, 3.05) is 6.61 Å². The summed E-state index contributed by atoms with van der Waals surface area (Å²) in [5.74, 6) is -0.468. The molecule has 0 aromatic carbocycles. The monoisotopic (exact) mass is 218 g/mol. The SMILES string of the molecule is CC12CCC3C[C@]1(C(=O)[O-])OC[C@@]32C.[Na+]. The fourth-order valence-electron chi connectivity index (χ4n) is 4.22. The standard InChI is InChI=1S/C11H16O3.Na/c1-9-6-14-11(8(12)13)5-7(9)3-4-10(9,11)2;/h7H,3-6H2,1-2H3,(H,12,13);/q;+1/p-1/t7?,9-,10?,11+;/m0./s1. The third-order valence-electron chi connectivity index (χ3n) is 5.53. The van der Waals surface area contributed by atoms with E-state index in [1.807, 2.05) is 0 Å². The van der Waals surface area contributed by atoms with Gasteiger partial charge in [-0.1, -0.05) is 13.8 Å². The molecule has 3 aliphatic rings. The zero-order valence-electron chi connectivity index (χ0n) is 9.63. The van der Waals surface area contributed by atoms with Crippen LogP contribution in [-0.4, -0.2) is 18.2 Å². The molecule has 0 spiro atoms. The summed E-state index contributed by atoms with van der Waals surface area (Å²) >= 11 is 0. The van der Waals surface area contributed by atoms with Crippen LogP contribution in [0.3, 0.4) is 0 Å². The molecule has 78 valence electrons. The van der Waals surface area contributed by atoms with Gasteiger partial charge in [0.2, 0.25) is 0 Å². The molecule has 1 saturated heterocycles. The van der Waals surface area contributed by atoms with Crippen LogP contribution in [0.15, 0.2) is 0 Å². The van der Waals surface area contributed by atoms with Crippen molar-refractivity contribution in [1.82, 2.24) is 0 Å². The first-order chi connectivity index (χ1) is 6.46. The van der Waals surface area contributed by atoms with E-state index >= 15 is 0 Å². The first-order valence-corrected chi connectivity index (χ1v) is 5.32. The number of carbonyl (C=O) groups is 1. The molecule has 0 N–H and O–H groups in total. The summed E-state index contributed by atoms with van der Waals surface area (Å²) in [6, 6.07) is 0. The van der Waals surface area contributed by atoms with Crippen molar-refractivity contribution in [2.24, 2.45) is 16.7 Å². The second-order valence-corrected chi connectivity index (χ2v) is 5.59. The van der Waals surface area contributed by atoms with Crippen molar-refractivity contribution < 1.29 is 44.2 Å². The first-order valence-electron chi connectivity index (χ1n) is 5.32. The van der Waals surface area contributed by atoms with E-state index in [-0.39, 0.29) is 40.4 Å². The van der Waals surface area contributed by atoms with Gasteiger partial charge >= 0.3 is 29.6 Å². The fourth-order valence-corrected chi connectivity index (χ4v) is 4.22. The maximum Gasteiger partial charge on any atom is 1.00 e. The summed E-state index contributed by atoms with van der Waals surface area (Å²) in [4.78, 5) is 11.3. The van der Waals surface area contributed by atoms with Crippen LogP contribution in [-0.2, 0) is 9.53 Å². The predicted molar refractivity (Wildman–Crippen MR) is 47.2 cm³/mol. The smallest absolute Gasteiger partial charge is 0.547 e. The third-order valence-corrected chi connectivity index (χ3v) is 5.53. The van der Waals surface area contributed by atoms with Gasteiger partial charge in [0.15, 0.2) is 0 Å². The van der Waals surface area contributed by atoms with Gasteiger partial charge < -0.3 is 14.6 Å². The molecular formula is C11H15NaO3. The molecule has 4 heteroatoms. The number of hydrogen-bond donors (Lipinski definition) is 0. The van der Waals surface area contributed by atoms with Crippen LogP contribution in [0.1, 0.15) is 33.1 Å². The summed E-state index contributed by atoms with van der Waals surface area (Å²) in [5, 5.41) is 11.3. The van der Waals surface area contributed by atoms with Gasteiger partial charge in [0.25, 0.3) is 0 Å². The molecule has 15 heavy (non-hydrogen) atoms. The van der Waals surface area contributed by atoms with Crippen LogP contribution in [0, 0.1) is 16.7 Å². The van der Waals surface area contributed by atoms with Crippen molar-refractivity contribution in [1.29, 1.82) is 0 Å². The van der Waals surface area contributed by atoms with Crippen LogP contribution in [0.25, 0.3) is 0 Å². The molecule has 0 aromatic rings. The Morgan fingerprint density at radius 1 is 1.47 bits per heavy atom. The van der Waals surface area contributed by atoms with E-state index in [0.29, 0.717) is 18.9 Å². The number of aliphatic carboxylic acids is 1. The summed E-state index contributed by atoms with van der Waals surface area (Å²) in [6.45, 7) is 4.85. The van der Waals surface area contributed by atoms with Gasteiger partial charge in [-0.05, 0) is 25.2 Å². The average molecular weight is 218 g/mol. The Bertz CT molecular complexity index is 332. The normalized spacial score (nSPS) is 55.5. The van der Waals surface area contributed by atoms with E-state index < -0.39 is 11.6 Å². The van der Waals surface area contributed by atoms with Gasteiger partial charge in [0.1, 0.15) is 5.60 Å². The number of rotatable bonds is 1. The van der Waals surface area contributed by atoms with Crippen molar-refractivity contribution in [3.05, 3.63) is 0 Å². The van der Waals surface area contributed by atoms with E-state index in [4.69, 9.17) is 4.74 Å². The molecule has 2 unspecified atom stereocenters. The van der Waals surface area contributed by atoms with Gasteiger partial charge in [0, 0.05) is 10.8 Å². The molecule has 4 bridgehead atoms. The van der Waals surface area contributed by atoms with Gasteiger partial charge in [-0.3, -0.25) is 0 Å². The summed E-state index contributed by atoms with van der Waals surface area (Å²) in [7, 11) is 0. The number of hydrogen-bond acceptors (Lipinski definition) is 3. The maximum atomic E-state index is 11.3. The minimum Gasteiger partial charge on any atom is -0.547 e. The van der Waals surface area contributed by atoms with Crippen molar-refractivity contribution in [2.45, 2.75) is 38.7 Å². The Hall–Kier alpha value is 0.430. The Balaban J connectivity index is 0.000000853. The van der Waals surface area contributed by atoms with E-state index in [9.17, 15) is 9.90 Å². The largest absolute Gasteiger partial charge is 1.00 e. The first kappa shape index (κ1) is 11.9. The van der Waals surface area contributed by atoms with Crippen LogP contribution in [0.4, 0.5) is 0 Å². The molecular weight excluding hydrogens is 203 g/mol. The van der Waals surface area contributed by atoms with E-state index in [1.165, 1.54) is 0 Å². The summed E-state index contributed by atoms with van der Waals surface area (Å²) < 4.78 is 5.58.